The molecule has 0 saturated carbocycles. The highest BCUT2D eigenvalue weighted by Gasteiger charge is 2.13. The molecule has 198 valence electrons. The molecule has 0 atom stereocenters. The van der Waals surface area contributed by atoms with Gasteiger partial charge in [-0.25, -0.2) is 4.98 Å². The molecule has 6 aromatic rings. The zero-order chi connectivity index (χ0) is 27.5. The maximum absolute atomic E-state index is 12.7. The molecule has 6 rings (SSSR count). The van der Waals surface area contributed by atoms with Gasteiger partial charge in [0.2, 0.25) is 5.82 Å². The lowest BCUT2D eigenvalue weighted by atomic mass is 10.1. The van der Waals surface area contributed by atoms with Crippen LogP contribution in [-0.2, 0) is 17.9 Å². The number of benzene rings is 3. The molecule has 0 amide bonds. The molecule has 0 aliphatic heterocycles. The van der Waals surface area contributed by atoms with Crippen molar-refractivity contribution in [3.05, 3.63) is 107 Å². The van der Waals surface area contributed by atoms with E-state index in [1.807, 2.05) is 60.7 Å². The Morgan fingerprint density at radius 3 is 2.73 bits per heavy atom. The van der Waals surface area contributed by atoms with E-state index in [1.54, 1.807) is 24.3 Å². The summed E-state index contributed by atoms with van der Waals surface area (Å²) in [5.41, 5.74) is 8.41. The first kappa shape index (κ1) is 24.9. The quantitative estimate of drug-likeness (QED) is 0.222. The highest BCUT2D eigenvalue weighted by atomic mass is 16.5. The van der Waals surface area contributed by atoms with E-state index in [0.29, 0.717) is 35.6 Å². The maximum atomic E-state index is 12.7. The lowest BCUT2D eigenvalue weighted by Gasteiger charge is -2.08. The summed E-state index contributed by atoms with van der Waals surface area (Å²) in [4.78, 5) is 33.1. The minimum absolute atomic E-state index is 0.169. The molecular formula is C29H23N7O4. The number of para-hydroxylation sites is 1. The number of esters is 1. The van der Waals surface area contributed by atoms with Gasteiger partial charge in [0.05, 0.1) is 29.9 Å². The number of rotatable bonds is 8. The van der Waals surface area contributed by atoms with Crippen molar-refractivity contribution < 1.29 is 14.3 Å². The van der Waals surface area contributed by atoms with Crippen molar-refractivity contribution in [2.24, 2.45) is 5.73 Å². The number of hydrogen-bond donors (Lipinski definition) is 2. The number of carbonyl (C=O) groups excluding carboxylic acids is 1. The maximum Gasteiger partial charge on any atom is 0.325 e. The van der Waals surface area contributed by atoms with Crippen LogP contribution in [-0.4, -0.2) is 42.7 Å². The van der Waals surface area contributed by atoms with Crippen molar-refractivity contribution in [1.29, 1.82) is 0 Å². The molecule has 0 saturated heterocycles. The lowest BCUT2D eigenvalue weighted by Crippen LogP contribution is -2.19. The van der Waals surface area contributed by atoms with Gasteiger partial charge in [0.25, 0.3) is 5.56 Å². The number of nitrogens with zero attached hydrogens (tertiary/aromatic N) is 5. The average Bonchev–Trinajstić information content (AvgIpc) is 3.44. The number of H-pyrrole nitrogens is 1. The van der Waals surface area contributed by atoms with Crippen molar-refractivity contribution in [2.45, 2.75) is 13.2 Å². The Balaban J connectivity index is 1.17. The molecule has 40 heavy (non-hydrogen) atoms. The SMILES string of the molecule is NCC(=O)Oc1ccc2[nH]c(=O)c(-c3nnn(Cc4cccc(OCc5ccc6ccccc6n5)c4)n3)cc2c1. The smallest absolute Gasteiger partial charge is 0.325 e. The van der Waals surface area contributed by atoms with Crippen LogP contribution in [0.4, 0.5) is 0 Å². The summed E-state index contributed by atoms with van der Waals surface area (Å²) in [5, 5.41) is 14.3. The first-order chi connectivity index (χ1) is 19.5. The Labute approximate surface area is 227 Å². The van der Waals surface area contributed by atoms with Gasteiger partial charge in [-0.3, -0.25) is 9.59 Å². The second-order valence-electron chi connectivity index (χ2n) is 9.01. The third kappa shape index (κ3) is 5.40. The van der Waals surface area contributed by atoms with E-state index < -0.39 is 5.97 Å². The van der Waals surface area contributed by atoms with Crippen LogP contribution in [0.2, 0.25) is 0 Å². The van der Waals surface area contributed by atoms with Crippen LogP contribution in [0.25, 0.3) is 33.2 Å². The topological polar surface area (TPSA) is 151 Å². The van der Waals surface area contributed by atoms with Crippen molar-refractivity contribution in [1.82, 2.24) is 30.2 Å². The number of hydrogen-bond acceptors (Lipinski definition) is 9. The fourth-order valence-corrected chi connectivity index (χ4v) is 4.25. The van der Waals surface area contributed by atoms with E-state index in [9.17, 15) is 9.59 Å². The number of aromatic nitrogens is 6. The molecule has 0 aliphatic rings. The molecule has 11 nitrogen and oxygen atoms in total. The van der Waals surface area contributed by atoms with E-state index in [4.69, 9.17) is 15.2 Å². The summed E-state index contributed by atoms with van der Waals surface area (Å²) in [6, 6.07) is 26.0. The minimum Gasteiger partial charge on any atom is -0.487 e. The van der Waals surface area contributed by atoms with Gasteiger partial charge in [0, 0.05) is 16.3 Å². The first-order valence-corrected chi connectivity index (χ1v) is 12.5. The molecule has 0 unspecified atom stereocenters. The number of nitrogens with two attached hydrogens (primary N) is 1. The normalized spacial score (nSPS) is 11.1. The number of nitrogens with one attached hydrogen (secondary N) is 1. The average molecular weight is 534 g/mol. The largest absolute Gasteiger partial charge is 0.487 e. The van der Waals surface area contributed by atoms with E-state index in [1.165, 1.54) is 4.80 Å². The lowest BCUT2D eigenvalue weighted by molar-refractivity contribution is -0.132. The Kier molecular flexibility index (Phi) is 6.69. The van der Waals surface area contributed by atoms with E-state index in [2.05, 4.69) is 25.4 Å². The number of tetrazole rings is 1. The van der Waals surface area contributed by atoms with Gasteiger partial charge < -0.3 is 20.2 Å². The second-order valence-corrected chi connectivity index (χ2v) is 9.01. The zero-order valence-corrected chi connectivity index (χ0v) is 21.2. The van der Waals surface area contributed by atoms with Crippen molar-refractivity contribution in [3.8, 4) is 22.9 Å². The second kappa shape index (κ2) is 10.8. The summed E-state index contributed by atoms with van der Waals surface area (Å²) in [6.45, 7) is 0.416. The highest BCUT2D eigenvalue weighted by molar-refractivity contribution is 5.85. The molecule has 3 N–H and O–H groups in total. The number of pyridine rings is 2. The van der Waals surface area contributed by atoms with Crippen LogP contribution in [0.1, 0.15) is 11.3 Å². The van der Waals surface area contributed by atoms with E-state index in [-0.39, 0.29) is 23.5 Å². The van der Waals surface area contributed by atoms with Crippen LogP contribution in [0.15, 0.2) is 89.7 Å². The van der Waals surface area contributed by atoms with Crippen molar-refractivity contribution in [2.75, 3.05) is 6.54 Å². The highest BCUT2D eigenvalue weighted by Crippen LogP contribution is 2.22. The van der Waals surface area contributed by atoms with Crippen LogP contribution in [0, 0.1) is 0 Å². The standard InChI is InChI=1S/C29H23N7O4/c30-15-27(37)40-23-10-11-26-20(13-23)14-24(29(38)32-26)28-33-35-36(34-28)16-18-4-3-6-22(12-18)39-17-21-9-8-19-5-1-2-7-25(19)31-21/h1-14H,15-17,30H2,(H,32,38). The summed E-state index contributed by atoms with van der Waals surface area (Å²) < 4.78 is 11.1. The minimum atomic E-state index is -0.562. The van der Waals surface area contributed by atoms with Crippen LogP contribution < -0.4 is 20.8 Å². The zero-order valence-electron chi connectivity index (χ0n) is 21.2. The third-order valence-electron chi connectivity index (χ3n) is 6.17. The van der Waals surface area contributed by atoms with Gasteiger partial charge >= 0.3 is 5.97 Å². The molecule has 0 fully saturated rings. The molecule has 3 aromatic heterocycles. The van der Waals surface area contributed by atoms with Gasteiger partial charge in [-0.05, 0) is 59.3 Å². The van der Waals surface area contributed by atoms with Gasteiger partial charge in [0.1, 0.15) is 18.1 Å². The van der Waals surface area contributed by atoms with Gasteiger partial charge in [-0.15, -0.1) is 10.2 Å². The molecule has 3 heterocycles. The van der Waals surface area contributed by atoms with Gasteiger partial charge in [0.15, 0.2) is 0 Å². The fourth-order valence-electron chi connectivity index (χ4n) is 4.25. The predicted molar refractivity (Wildman–Crippen MR) is 148 cm³/mol. The number of fused-ring (bicyclic) bond motifs is 2. The summed E-state index contributed by atoms with van der Waals surface area (Å²) in [6.07, 6.45) is 0. The number of carbonyl (C=O) groups is 1. The summed E-state index contributed by atoms with van der Waals surface area (Å²) in [7, 11) is 0. The molecule has 0 bridgehead atoms. The molecule has 0 spiro atoms. The molecule has 0 aliphatic carbocycles. The molecule has 0 radical (unpaired) electrons. The number of aromatic amines is 1. The van der Waals surface area contributed by atoms with Gasteiger partial charge in [-0.1, -0.05) is 36.4 Å². The van der Waals surface area contributed by atoms with Crippen LogP contribution in [0.3, 0.4) is 0 Å². The van der Waals surface area contributed by atoms with Crippen LogP contribution in [0.5, 0.6) is 11.5 Å². The summed E-state index contributed by atoms with van der Waals surface area (Å²) in [5.74, 6) is 0.608. The van der Waals surface area contributed by atoms with Crippen LogP contribution >= 0.6 is 0 Å². The predicted octanol–water partition coefficient (Wildman–Crippen LogP) is 3.22. The summed E-state index contributed by atoms with van der Waals surface area (Å²) >= 11 is 0. The Morgan fingerprint density at radius 1 is 0.925 bits per heavy atom. The van der Waals surface area contributed by atoms with E-state index >= 15 is 0 Å². The number of ether oxygens (including phenoxy) is 2. The van der Waals surface area contributed by atoms with Crippen molar-refractivity contribution >= 4 is 27.8 Å². The molecular weight excluding hydrogens is 510 g/mol. The molecule has 11 heteroatoms. The Bertz CT molecular complexity index is 1910. The Morgan fingerprint density at radius 2 is 1.82 bits per heavy atom. The van der Waals surface area contributed by atoms with Crippen molar-refractivity contribution in [3.63, 3.8) is 0 Å². The Hall–Kier alpha value is -5.42. The van der Waals surface area contributed by atoms with Gasteiger partial charge in [-0.2, -0.15) is 4.80 Å². The monoisotopic (exact) mass is 533 g/mol. The third-order valence-corrected chi connectivity index (χ3v) is 6.17. The van der Waals surface area contributed by atoms with E-state index in [0.717, 1.165) is 22.2 Å². The fraction of sp³-hybridized carbons (Fsp3) is 0.103. The molecule has 3 aromatic carbocycles. The first-order valence-electron chi connectivity index (χ1n) is 12.5.